The second-order valence-corrected chi connectivity index (χ2v) is 6.34. The second-order valence-electron chi connectivity index (χ2n) is 6.34. The molecule has 4 rings (SSSR count). The van der Waals surface area contributed by atoms with Crippen molar-refractivity contribution in [3.8, 4) is 22.5 Å². The highest BCUT2D eigenvalue weighted by molar-refractivity contribution is 5.96. The van der Waals surface area contributed by atoms with Crippen LogP contribution in [0.4, 0.5) is 4.39 Å². The minimum atomic E-state index is -0.302. The molecule has 0 fully saturated rings. The zero-order valence-corrected chi connectivity index (χ0v) is 15.2. The maximum Gasteiger partial charge on any atom is 0.141 e. The number of nitrogens with zero attached hydrogens (tertiary/aromatic N) is 5. The van der Waals surface area contributed by atoms with Gasteiger partial charge in [0.05, 0.1) is 24.3 Å². The van der Waals surface area contributed by atoms with Crippen molar-refractivity contribution in [3.05, 3.63) is 60.9 Å². The van der Waals surface area contributed by atoms with E-state index in [4.69, 9.17) is 11.6 Å². The molecule has 0 spiro atoms. The number of pyridine rings is 1. The van der Waals surface area contributed by atoms with Gasteiger partial charge in [0, 0.05) is 36.0 Å². The first-order valence-electron chi connectivity index (χ1n) is 8.58. The van der Waals surface area contributed by atoms with Gasteiger partial charge in [0.1, 0.15) is 17.3 Å². The van der Waals surface area contributed by atoms with Gasteiger partial charge in [-0.3, -0.25) is 0 Å². The number of nitrogens with one attached hydrogen (secondary N) is 1. The van der Waals surface area contributed by atoms with E-state index in [0.717, 1.165) is 33.0 Å². The normalized spacial score (nSPS) is 11.9. The zero-order chi connectivity index (χ0) is 19.7. The molecule has 0 saturated heterocycles. The molecule has 3 aromatic heterocycles. The fourth-order valence-electron chi connectivity index (χ4n) is 3.18. The fraction of sp³-hybridized carbons (Fsp3) is 0.105. The number of benzene rings is 1. The largest absolute Gasteiger partial charge is 0.384 e. The van der Waals surface area contributed by atoms with Gasteiger partial charge in [-0.2, -0.15) is 0 Å². The third-order valence-corrected chi connectivity index (χ3v) is 4.29. The van der Waals surface area contributed by atoms with Gasteiger partial charge in [0.15, 0.2) is 0 Å². The lowest BCUT2D eigenvalue weighted by atomic mass is 10.0. The Labute approximate surface area is 160 Å². The van der Waals surface area contributed by atoms with Crippen LogP contribution in [-0.2, 0) is 6.54 Å². The van der Waals surface area contributed by atoms with Gasteiger partial charge in [0.25, 0.3) is 0 Å². The van der Waals surface area contributed by atoms with Crippen LogP contribution in [0.3, 0.4) is 0 Å². The van der Waals surface area contributed by atoms with Crippen LogP contribution in [0.2, 0.25) is 0 Å². The first kappa shape index (κ1) is 17.7. The Balaban J connectivity index is 1.91. The monoisotopic (exact) mass is 378 g/mol. The smallest absolute Gasteiger partial charge is 0.141 e. The number of halogens is 1. The van der Waals surface area contributed by atoms with E-state index in [0.29, 0.717) is 18.1 Å². The van der Waals surface area contributed by atoms with E-state index in [1.54, 1.807) is 31.7 Å². The van der Waals surface area contributed by atoms with Gasteiger partial charge in [-0.15, -0.1) is 5.10 Å². The van der Waals surface area contributed by atoms with E-state index in [1.165, 1.54) is 12.1 Å². The molecule has 3 heterocycles. The SMILES string of the molecule is CN(N)/N=C(\N)Cn1cnc(-c2ccc(F)cc2)c1-c1ccnc2[nH]ccc12. The Morgan fingerprint density at radius 2 is 2.00 bits per heavy atom. The molecule has 0 unspecified atom stereocenters. The number of H-pyrrole nitrogens is 1. The first-order valence-corrected chi connectivity index (χ1v) is 8.58. The molecule has 5 N–H and O–H groups in total. The molecular weight excluding hydrogens is 359 g/mol. The summed E-state index contributed by atoms with van der Waals surface area (Å²) in [4.78, 5) is 12.0. The molecule has 0 radical (unpaired) electrons. The molecule has 0 aliphatic heterocycles. The number of hydrogen-bond donors (Lipinski definition) is 3. The molecular formula is C19H19FN8. The van der Waals surface area contributed by atoms with Crippen molar-refractivity contribution in [3.63, 3.8) is 0 Å². The lowest BCUT2D eigenvalue weighted by molar-refractivity contribution is 0.369. The second kappa shape index (κ2) is 7.12. The van der Waals surface area contributed by atoms with Gasteiger partial charge in [-0.25, -0.2) is 25.3 Å². The van der Waals surface area contributed by atoms with E-state index >= 15 is 0 Å². The van der Waals surface area contributed by atoms with Crippen molar-refractivity contribution >= 4 is 16.9 Å². The number of aromatic amines is 1. The summed E-state index contributed by atoms with van der Waals surface area (Å²) in [6.45, 7) is 0.291. The quantitative estimate of drug-likeness (QED) is 0.213. The number of hydrogen-bond acceptors (Lipinski definition) is 5. The summed E-state index contributed by atoms with van der Waals surface area (Å²) in [7, 11) is 1.60. The number of aromatic nitrogens is 4. The van der Waals surface area contributed by atoms with Gasteiger partial charge < -0.3 is 15.3 Å². The molecule has 0 atom stereocenters. The van der Waals surface area contributed by atoms with Crippen molar-refractivity contribution in [1.82, 2.24) is 24.6 Å². The molecule has 28 heavy (non-hydrogen) atoms. The van der Waals surface area contributed by atoms with Crippen LogP contribution in [0.15, 0.2) is 60.2 Å². The Hall–Kier alpha value is -3.72. The van der Waals surface area contributed by atoms with E-state index in [2.05, 4.69) is 20.1 Å². The Kier molecular flexibility index (Phi) is 4.50. The van der Waals surface area contributed by atoms with Gasteiger partial charge in [-0.1, -0.05) is 0 Å². The predicted octanol–water partition coefficient (Wildman–Crippen LogP) is 2.31. The highest BCUT2D eigenvalue weighted by Gasteiger charge is 2.18. The summed E-state index contributed by atoms with van der Waals surface area (Å²) in [6, 6.07) is 10.1. The third-order valence-electron chi connectivity index (χ3n) is 4.29. The van der Waals surface area contributed by atoms with Gasteiger partial charge >= 0.3 is 0 Å². The third kappa shape index (κ3) is 3.30. The van der Waals surface area contributed by atoms with E-state index in [-0.39, 0.29) is 5.82 Å². The number of hydrazine groups is 1. The number of hydrazone groups is 1. The van der Waals surface area contributed by atoms with Crippen LogP contribution in [0, 0.1) is 5.82 Å². The Bertz CT molecular complexity index is 1140. The Morgan fingerprint density at radius 1 is 1.21 bits per heavy atom. The molecule has 9 heteroatoms. The predicted molar refractivity (Wildman–Crippen MR) is 106 cm³/mol. The summed E-state index contributed by atoms with van der Waals surface area (Å²) < 4.78 is 15.3. The molecule has 0 aliphatic rings. The highest BCUT2D eigenvalue weighted by Crippen LogP contribution is 2.35. The van der Waals surface area contributed by atoms with Crippen molar-refractivity contribution in [1.29, 1.82) is 0 Å². The van der Waals surface area contributed by atoms with E-state index < -0.39 is 0 Å². The van der Waals surface area contributed by atoms with E-state index in [1.807, 2.05) is 22.9 Å². The zero-order valence-electron chi connectivity index (χ0n) is 15.2. The van der Waals surface area contributed by atoms with Crippen molar-refractivity contribution < 1.29 is 4.39 Å². The lowest BCUT2D eigenvalue weighted by Gasteiger charge is -2.12. The average molecular weight is 378 g/mol. The molecule has 0 bridgehead atoms. The molecule has 0 aliphatic carbocycles. The molecule has 142 valence electrons. The van der Waals surface area contributed by atoms with Crippen LogP contribution in [0.25, 0.3) is 33.5 Å². The standard InChI is InChI=1S/C19H19FN8/c1-27(22)26-16(21)10-28-11-25-17(12-2-4-13(20)5-3-12)18(28)14-6-8-23-19-15(14)7-9-24-19/h2-9,11H,10,22H2,1H3,(H2,21,26)(H,23,24). The van der Waals surface area contributed by atoms with Crippen LogP contribution in [0.1, 0.15) is 0 Å². The maximum absolute atomic E-state index is 13.4. The summed E-state index contributed by atoms with van der Waals surface area (Å²) in [5.74, 6) is 5.59. The average Bonchev–Trinajstić information content (AvgIpc) is 3.28. The fourth-order valence-corrected chi connectivity index (χ4v) is 3.18. The minimum Gasteiger partial charge on any atom is -0.384 e. The maximum atomic E-state index is 13.4. The molecule has 0 saturated carbocycles. The number of fused-ring (bicyclic) bond motifs is 1. The molecule has 4 aromatic rings. The topological polar surface area (TPSA) is 114 Å². The van der Waals surface area contributed by atoms with Gasteiger partial charge in [-0.05, 0) is 36.4 Å². The number of imidazole rings is 1. The number of amidine groups is 1. The van der Waals surface area contributed by atoms with Crippen LogP contribution < -0.4 is 11.6 Å². The van der Waals surface area contributed by atoms with Crippen LogP contribution >= 0.6 is 0 Å². The van der Waals surface area contributed by atoms with Crippen molar-refractivity contribution in [2.24, 2.45) is 16.7 Å². The highest BCUT2D eigenvalue weighted by atomic mass is 19.1. The Morgan fingerprint density at radius 3 is 2.75 bits per heavy atom. The molecule has 0 amide bonds. The molecule has 8 nitrogen and oxygen atoms in total. The summed E-state index contributed by atoms with van der Waals surface area (Å²) >= 11 is 0. The van der Waals surface area contributed by atoms with Crippen molar-refractivity contribution in [2.45, 2.75) is 6.54 Å². The summed E-state index contributed by atoms with van der Waals surface area (Å²) in [5, 5.41) is 6.14. The lowest BCUT2D eigenvalue weighted by Crippen LogP contribution is -2.27. The van der Waals surface area contributed by atoms with Crippen molar-refractivity contribution in [2.75, 3.05) is 7.05 Å². The van der Waals surface area contributed by atoms with Gasteiger partial charge in [0.2, 0.25) is 0 Å². The minimum absolute atomic E-state index is 0.291. The van der Waals surface area contributed by atoms with Crippen LogP contribution in [0.5, 0.6) is 0 Å². The number of nitrogens with two attached hydrogens (primary N) is 2. The summed E-state index contributed by atoms with van der Waals surface area (Å²) in [5.41, 5.74) is 10.1. The molecule has 1 aromatic carbocycles. The van der Waals surface area contributed by atoms with Crippen LogP contribution in [-0.4, -0.2) is 37.5 Å². The first-order chi connectivity index (χ1) is 13.5. The van der Waals surface area contributed by atoms with E-state index in [9.17, 15) is 4.39 Å². The number of rotatable bonds is 5. The summed E-state index contributed by atoms with van der Waals surface area (Å²) in [6.07, 6.45) is 5.25.